The highest BCUT2D eigenvalue weighted by Gasteiger charge is 2.27. The molecule has 31 heavy (non-hydrogen) atoms. The smallest absolute Gasteiger partial charge is 0.241 e. The average molecular weight is 465 g/mol. The van der Waals surface area contributed by atoms with Crippen LogP contribution in [0.2, 0.25) is 0 Å². The molecule has 1 unspecified atom stereocenters. The largest absolute Gasteiger partial charge is 0.353 e. The first-order valence-electron chi connectivity index (χ1n) is 10.2. The quantitative estimate of drug-likeness (QED) is 0.528. The Balaban J connectivity index is 1.59. The van der Waals surface area contributed by atoms with Gasteiger partial charge in [0.05, 0.1) is 17.0 Å². The lowest BCUT2D eigenvalue weighted by atomic mass is 10.2. The Morgan fingerprint density at radius 3 is 2.39 bits per heavy atom. The minimum Gasteiger partial charge on any atom is -0.353 e. The fraction of sp³-hybridized carbons (Fsp3) is 0.429. The van der Waals surface area contributed by atoms with Crippen molar-refractivity contribution in [2.24, 2.45) is 0 Å². The van der Waals surface area contributed by atoms with E-state index in [1.807, 2.05) is 11.4 Å². The molecule has 168 valence electrons. The number of sulfonamides is 1. The van der Waals surface area contributed by atoms with Gasteiger partial charge in [0, 0.05) is 24.0 Å². The van der Waals surface area contributed by atoms with Gasteiger partial charge in [0.1, 0.15) is 0 Å². The van der Waals surface area contributed by atoms with E-state index in [9.17, 15) is 18.0 Å². The zero-order valence-corrected chi connectivity index (χ0v) is 19.3. The number of nitrogens with zero attached hydrogens (tertiary/aromatic N) is 1. The summed E-state index contributed by atoms with van der Waals surface area (Å²) < 4.78 is 27.7. The van der Waals surface area contributed by atoms with Crippen LogP contribution in [0, 0.1) is 0 Å². The summed E-state index contributed by atoms with van der Waals surface area (Å²) in [5, 5.41) is 7.51. The van der Waals surface area contributed by atoms with Gasteiger partial charge in [-0.25, -0.2) is 8.42 Å². The molecule has 10 heteroatoms. The number of carbonyl (C=O) groups excluding carboxylic acids is 2. The van der Waals surface area contributed by atoms with Gasteiger partial charge < -0.3 is 10.6 Å². The zero-order valence-electron chi connectivity index (χ0n) is 17.6. The molecule has 1 saturated heterocycles. The summed E-state index contributed by atoms with van der Waals surface area (Å²) in [5.41, 5.74) is 0.499. The molecule has 3 N–H and O–H groups in total. The summed E-state index contributed by atoms with van der Waals surface area (Å²) in [7, 11) is -3.88. The zero-order chi connectivity index (χ0) is 22.4. The lowest BCUT2D eigenvalue weighted by molar-refractivity contribution is -0.122. The molecule has 0 radical (unpaired) electrons. The minimum absolute atomic E-state index is 0.0229. The van der Waals surface area contributed by atoms with E-state index in [0.717, 1.165) is 25.9 Å². The van der Waals surface area contributed by atoms with Gasteiger partial charge in [-0.15, -0.1) is 11.3 Å². The SMILES string of the molecule is CC(=O)Nc1ccc(S(=O)(=O)N[C@@H](C)C(=O)NCC(c2cccs2)N2CCCC2)cc1. The van der Waals surface area contributed by atoms with E-state index in [1.54, 1.807) is 11.3 Å². The molecule has 2 amide bonds. The van der Waals surface area contributed by atoms with Crippen LogP contribution in [0.5, 0.6) is 0 Å². The lowest BCUT2D eigenvalue weighted by Crippen LogP contribution is -2.47. The third-order valence-electron chi connectivity index (χ3n) is 5.13. The number of nitrogens with one attached hydrogen (secondary N) is 3. The molecule has 8 nitrogen and oxygen atoms in total. The fourth-order valence-electron chi connectivity index (χ4n) is 3.57. The van der Waals surface area contributed by atoms with Crippen molar-refractivity contribution in [2.45, 2.75) is 43.7 Å². The molecule has 0 bridgehead atoms. The standard InChI is InChI=1S/C21H28N4O4S2/c1-15(24-31(28,29)18-9-7-17(8-10-18)23-16(2)26)21(27)22-14-19(20-6-5-13-30-20)25-11-3-4-12-25/h5-10,13,15,19,24H,3-4,11-12,14H2,1-2H3,(H,22,27)(H,23,26)/t15-,19?/m0/s1. The summed E-state index contributed by atoms with van der Waals surface area (Å²) in [4.78, 5) is 27.3. The summed E-state index contributed by atoms with van der Waals surface area (Å²) in [6, 6.07) is 9.01. The van der Waals surface area contributed by atoms with Crippen molar-refractivity contribution in [2.75, 3.05) is 25.0 Å². The van der Waals surface area contributed by atoms with E-state index < -0.39 is 16.1 Å². The molecule has 1 aliphatic rings. The van der Waals surface area contributed by atoms with E-state index >= 15 is 0 Å². The Morgan fingerprint density at radius 2 is 1.81 bits per heavy atom. The topological polar surface area (TPSA) is 108 Å². The second-order valence-corrected chi connectivity index (χ2v) is 10.3. The molecule has 2 heterocycles. The van der Waals surface area contributed by atoms with Gasteiger partial charge in [-0.3, -0.25) is 14.5 Å². The number of likely N-dealkylation sites (tertiary alicyclic amines) is 1. The number of hydrogen-bond donors (Lipinski definition) is 3. The van der Waals surface area contributed by atoms with Crippen LogP contribution in [-0.2, 0) is 19.6 Å². The first kappa shape index (κ1) is 23.4. The molecule has 0 aliphatic carbocycles. The predicted molar refractivity (Wildman–Crippen MR) is 121 cm³/mol. The first-order valence-corrected chi connectivity index (χ1v) is 12.6. The number of benzene rings is 1. The number of rotatable bonds is 9. The minimum atomic E-state index is -3.88. The molecule has 2 aromatic rings. The van der Waals surface area contributed by atoms with Crippen LogP contribution in [0.3, 0.4) is 0 Å². The van der Waals surface area contributed by atoms with Crippen molar-refractivity contribution < 1.29 is 18.0 Å². The molecule has 1 aliphatic heterocycles. The van der Waals surface area contributed by atoms with Crippen LogP contribution in [-0.4, -0.2) is 50.8 Å². The highest BCUT2D eigenvalue weighted by Crippen LogP contribution is 2.27. The van der Waals surface area contributed by atoms with Crippen molar-refractivity contribution in [3.8, 4) is 0 Å². The Labute approximate surface area is 187 Å². The molecule has 0 spiro atoms. The van der Waals surface area contributed by atoms with E-state index in [1.165, 1.54) is 43.0 Å². The first-order chi connectivity index (χ1) is 14.8. The number of carbonyl (C=O) groups is 2. The lowest BCUT2D eigenvalue weighted by Gasteiger charge is -2.27. The fourth-order valence-corrected chi connectivity index (χ4v) is 5.63. The Kier molecular flexibility index (Phi) is 7.82. The number of anilines is 1. The molecule has 0 saturated carbocycles. The van der Waals surface area contributed by atoms with Gasteiger partial charge >= 0.3 is 0 Å². The second kappa shape index (κ2) is 10.4. The van der Waals surface area contributed by atoms with Crippen LogP contribution >= 0.6 is 11.3 Å². The normalized spacial score (nSPS) is 16.6. The molecule has 1 aromatic carbocycles. The van der Waals surface area contributed by atoms with Crippen LogP contribution in [0.25, 0.3) is 0 Å². The molecule has 2 atom stereocenters. The van der Waals surface area contributed by atoms with Gasteiger partial charge in [-0.05, 0) is 68.6 Å². The van der Waals surface area contributed by atoms with Crippen molar-refractivity contribution >= 4 is 38.9 Å². The third kappa shape index (κ3) is 6.36. The second-order valence-electron chi connectivity index (χ2n) is 7.57. The summed E-state index contributed by atoms with van der Waals surface area (Å²) in [5.74, 6) is -0.618. The summed E-state index contributed by atoms with van der Waals surface area (Å²) in [6.07, 6.45) is 2.29. The summed E-state index contributed by atoms with van der Waals surface area (Å²) >= 11 is 1.66. The highest BCUT2D eigenvalue weighted by atomic mass is 32.2. The van der Waals surface area contributed by atoms with Crippen LogP contribution in [0.15, 0.2) is 46.7 Å². The van der Waals surface area contributed by atoms with Crippen LogP contribution in [0.1, 0.15) is 37.6 Å². The van der Waals surface area contributed by atoms with Crippen molar-refractivity contribution in [1.82, 2.24) is 14.9 Å². The maximum absolute atomic E-state index is 12.6. The summed E-state index contributed by atoms with van der Waals surface area (Å²) in [6.45, 7) is 5.31. The number of hydrogen-bond acceptors (Lipinski definition) is 6. The monoisotopic (exact) mass is 464 g/mol. The van der Waals surface area contributed by atoms with Gasteiger partial charge in [0.25, 0.3) is 0 Å². The highest BCUT2D eigenvalue weighted by molar-refractivity contribution is 7.89. The predicted octanol–water partition coefficient (Wildman–Crippen LogP) is 2.33. The van der Waals surface area contributed by atoms with Crippen molar-refractivity contribution in [1.29, 1.82) is 0 Å². The van der Waals surface area contributed by atoms with E-state index in [-0.39, 0.29) is 22.8 Å². The maximum atomic E-state index is 12.6. The van der Waals surface area contributed by atoms with Crippen molar-refractivity contribution in [3.63, 3.8) is 0 Å². The van der Waals surface area contributed by atoms with Crippen LogP contribution < -0.4 is 15.4 Å². The van der Waals surface area contributed by atoms with Gasteiger partial charge in [0.15, 0.2) is 0 Å². The Hall–Kier alpha value is -2.27. The van der Waals surface area contributed by atoms with E-state index in [2.05, 4.69) is 26.3 Å². The third-order valence-corrected chi connectivity index (χ3v) is 7.66. The van der Waals surface area contributed by atoms with Gasteiger partial charge in [0.2, 0.25) is 21.8 Å². The Morgan fingerprint density at radius 1 is 1.13 bits per heavy atom. The maximum Gasteiger partial charge on any atom is 0.241 e. The van der Waals surface area contributed by atoms with Gasteiger partial charge in [-0.2, -0.15) is 4.72 Å². The molecular formula is C21H28N4O4S2. The molecule has 3 rings (SSSR count). The Bertz CT molecular complexity index is 985. The van der Waals surface area contributed by atoms with Crippen molar-refractivity contribution in [3.05, 3.63) is 46.7 Å². The number of amides is 2. The van der Waals surface area contributed by atoms with Gasteiger partial charge in [-0.1, -0.05) is 6.07 Å². The average Bonchev–Trinajstić information content (AvgIpc) is 3.42. The van der Waals surface area contributed by atoms with E-state index in [4.69, 9.17) is 0 Å². The van der Waals surface area contributed by atoms with E-state index in [0.29, 0.717) is 12.2 Å². The molecular weight excluding hydrogens is 436 g/mol. The number of thiophene rings is 1. The molecule has 1 aromatic heterocycles. The van der Waals surface area contributed by atoms with Crippen LogP contribution in [0.4, 0.5) is 5.69 Å². The molecule has 1 fully saturated rings.